The topological polar surface area (TPSA) is 37.3 Å². The number of carboxylic acid groups (broad SMARTS) is 1. The van der Waals surface area contributed by atoms with Gasteiger partial charge in [-0.15, -0.1) is 0 Å². The van der Waals surface area contributed by atoms with Crippen LogP contribution in [0.5, 0.6) is 0 Å². The first-order valence-electron chi connectivity index (χ1n) is 6.08. The Kier molecular flexibility index (Phi) is 2.57. The normalized spacial score (nSPS) is 20.7. The van der Waals surface area contributed by atoms with Crippen LogP contribution in [0, 0.1) is 19.3 Å². The molecule has 0 aromatic heterocycles. The van der Waals surface area contributed by atoms with Gasteiger partial charge < -0.3 is 5.11 Å². The lowest BCUT2D eigenvalue weighted by molar-refractivity contribution is -0.153. The number of hydrogen-bond acceptors (Lipinski definition) is 1. The van der Waals surface area contributed by atoms with Crippen LogP contribution in [0.4, 0.5) is 0 Å². The first-order valence-corrected chi connectivity index (χ1v) is 6.08. The minimum Gasteiger partial charge on any atom is -0.481 e. The molecule has 92 valence electrons. The van der Waals surface area contributed by atoms with E-state index in [0.29, 0.717) is 0 Å². The SMILES string of the molecule is Cc1ccc(C2(C(=O)O)CC(C)(C)C2)cc1C. The number of benzene rings is 1. The highest BCUT2D eigenvalue weighted by Crippen LogP contribution is 2.55. The number of carboxylic acids is 1. The molecule has 17 heavy (non-hydrogen) atoms. The minimum absolute atomic E-state index is 0.150. The Hall–Kier alpha value is -1.31. The van der Waals surface area contributed by atoms with E-state index in [4.69, 9.17) is 0 Å². The third-order valence-corrected chi connectivity index (χ3v) is 4.03. The quantitative estimate of drug-likeness (QED) is 0.848. The molecule has 1 aliphatic carbocycles. The Morgan fingerprint density at radius 1 is 1.18 bits per heavy atom. The van der Waals surface area contributed by atoms with E-state index in [-0.39, 0.29) is 5.41 Å². The van der Waals surface area contributed by atoms with Gasteiger partial charge in [0.1, 0.15) is 0 Å². The predicted octanol–water partition coefficient (Wildman–Crippen LogP) is 3.45. The average Bonchev–Trinajstić information content (AvgIpc) is 2.17. The Morgan fingerprint density at radius 3 is 2.18 bits per heavy atom. The van der Waals surface area contributed by atoms with Crippen LogP contribution in [-0.4, -0.2) is 11.1 Å². The van der Waals surface area contributed by atoms with E-state index in [0.717, 1.165) is 18.4 Å². The second-order valence-electron chi connectivity index (χ2n) is 6.20. The van der Waals surface area contributed by atoms with Crippen molar-refractivity contribution in [2.24, 2.45) is 5.41 Å². The van der Waals surface area contributed by atoms with E-state index in [1.165, 1.54) is 11.1 Å². The van der Waals surface area contributed by atoms with E-state index in [9.17, 15) is 9.90 Å². The monoisotopic (exact) mass is 232 g/mol. The number of aliphatic carboxylic acids is 1. The third-order valence-electron chi connectivity index (χ3n) is 4.03. The average molecular weight is 232 g/mol. The Morgan fingerprint density at radius 2 is 1.76 bits per heavy atom. The minimum atomic E-state index is -0.680. The molecule has 1 fully saturated rings. The Bertz CT molecular complexity index is 464. The molecule has 0 unspecified atom stereocenters. The van der Waals surface area contributed by atoms with Gasteiger partial charge in [0.05, 0.1) is 5.41 Å². The highest BCUT2D eigenvalue weighted by Gasteiger charge is 2.55. The summed E-state index contributed by atoms with van der Waals surface area (Å²) < 4.78 is 0. The molecule has 1 saturated carbocycles. The zero-order valence-corrected chi connectivity index (χ0v) is 11.0. The van der Waals surface area contributed by atoms with Crippen molar-refractivity contribution in [1.82, 2.24) is 0 Å². The van der Waals surface area contributed by atoms with Gasteiger partial charge in [-0.2, -0.15) is 0 Å². The van der Waals surface area contributed by atoms with Crippen LogP contribution in [-0.2, 0) is 10.2 Å². The zero-order valence-electron chi connectivity index (χ0n) is 11.0. The highest BCUT2D eigenvalue weighted by atomic mass is 16.4. The molecule has 1 aliphatic rings. The first-order chi connectivity index (χ1) is 7.77. The summed E-state index contributed by atoms with van der Waals surface area (Å²) in [7, 11) is 0. The molecule has 0 aliphatic heterocycles. The Balaban J connectivity index is 2.42. The van der Waals surface area contributed by atoms with Gasteiger partial charge in [-0.25, -0.2) is 0 Å². The third kappa shape index (κ3) is 1.86. The molecule has 1 aromatic rings. The second-order valence-corrected chi connectivity index (χ2v) is 6.20. The summed E-state index contributed by atoms with van der Waals surface area (Å²) in [5.41, 5.74) is 2.85. The largest absolute Gasteiger partial charge is 0.481 e. The van der Waals surface area contributed by atoms with E-state index in [2.05, 4.69) is 20.8 Å². The van der Waals surface area contributed by atoms with E-state index >= 15 is 0 Å². The molecule has 1 aromatic carbocycles. The maximum atomic E-state index is 11.6. The van der Waals surface area contributed by atoms with E-state index < -0.39 is 11.4 Å². The number of carbonyl (C=O) groups is 1. The van der Waals surface area contributed by atoms with Gasteiger partial charge in [0.25, 0.3) is 0 Å². The number of hydrogen-bond donors (Lipinski definition) is 1. The van der Waals surface area contributed by atoms with Crippen molar-refractivity contribution in [1.29, 1.82) is 0 Å². The molecule has 2 rings (SSSR count). The van der Waals surface area contributed by atoms with Crippen molar-refractivity contribution >= 4 is 5.97 Å². The Labute approximate surface area is 103 Å². The maximum Gasteiger partial charge on any atom is 0.314 e. The molecule has 0 saturated heterocycles. The van der Waals surface area contributed by atoms with Crippen molar-refractivity contribution in [3.8, 4) is 0 Å². The zero-order chi connectivity index (χ0) is 12.8. The fraction of sp³-hybridized carbons (Fsp3) is 0.533. The van der Waals surface area contributed by atoms with Crippen molar-refractivity contribution in [2.45, 2.75) is 46.0 Å². The molecule has 1 N–H and O–H groups in total. The van der Waals surface area contributed by atoms with Crippen molar-refractivity contribution in [3.63, 3.8) is 0 Å². The highest BCUT2D eigenvalue weighted by molar-refractivity contribution is 5.83. The molecular weight excluding hydrogens is 212 g/mol. The second kappa shape index (κ2) is 3.59. The van der Waals surface area contributed by atoms with Crippen molar-refractivity contribution in [3.05, 3.63) is 34.9 Å². The molecule has 0 atom stereocenters. The summed E-state index contributed by atoms with van der Waals surface area (Å²) in [5.74, 6) is -0.680. The predicted molar refractivity (Wildman–Crippen MR) is 68.2 cm³/mol. The number of rotatable bonds is 2. The first kappa shape index (κ1) is 12.2. The van der Waals surface area contributed by atoms with Crippen LogP contribution in [0.3, 0.4) is 0 Å². The molecule has 0 radical (unpaired) electrons. The number of aryl methyl sites for hydroxylation is 2. The van der Waals surface area contributed by atoms with Crippen LogP contribution in [0.15, 0.2) is 18.2 Å². The van der Waals surface area contributed by atoms with Crippen LogP contribution in [0.1, 0.15) is 43.4 Å². The van der Waals surface area contributed by atoms with Crippen LogP contribution < -0.4 is 0 Å². The molecule has 2 nitrogen and oxygen atoms in total. The lowest BCUT2D eigenvalue weighted by atomic mass is 9.52. The van der Waals surface area contributed by atoms with Crippen LogP contribution in [0.25, 0.3) is 0 Å². The molecule has 0 amide bonds. The van der Waals surface area contributed by atoms with Crippen LogP contribution >= 0.6 is 0 Å². The van der Waals surface area contributed by atoms with Gasteiger partial charge in [-0.1, -0.05) is 32.0 Å². The summed E-state index contributed by atoms with van der Waals surface area (Å²) >= 11 is 0. The maximum absolute atomic E-state index is 11.6. The van der Waals surface area contributed by atoms with Gasteiger partial charge in [0.2, 0.25) is 0 Å². The van der Waals surface area contributed by atoms with Gasteiger partial charge >= 0.3 is 5.97 Å². The summed E-state index contributed by atoms with van der Waals surface area (Å²) in [5, 5.41) is 9.53. The standard InChI is InChI=1S/C15H20O2/c1-10-5-6-12(7-11(10)2)15(13(16)17)8-14(3,4)9-15/h5-7H,8-9H2,1-4H3,(H,16,17). The summed E-state index contributed by atoms with van der Waals surface area (Å²) in [6.07, 6.45) is 1.47. The van der Waals surface area contributed by atoms with E-state index in [1.54, 1.807) is 0 Å². The van der Waals surface area contributed by atoms with Gasteiger partial charge in [0.15, 0.2) is 0 Å². The molecular formula is C15H20O2. The molecule has 2 heteroatoms. The van der Waals surface area contributed by atoms with Crippen molar-refractivity contribution in [2.75, 3.05) is 0 Å². The fourth-order valence-electron chi connectivity index (χ4n) is 3.10. The van der Waals surface area contributed by atoms with Crippen molar-refractivity contribution < 1.29 is 9.90 Å². The molecule has 0 bridgehead atoms. The lowest BCUT2D eigenvalue weighted by Crippen LogP contribution is -2.52. The van der Waals surface area contributed by atoms with Gasteiger partial charge in [-0.3, -0.25) is 4.79 Å². The molecule has 0 spiro atoms. The molecule has 0 heterocycles. The lowest BCUT2D eigenvalue weighted by Gasteiger charge is -2.50. The van der Waals surface area contributed by atoms with Gasteiger partial charge in [0, 0.05) is 0 Å². The summed E-state index contributed by atoms with van der Waals surface area (Å²) in [6.45, 7) is 8.36. The van der Waals surface area contributed by atoms with Crippen LogP contribution in [0.2, 0.25) is 0 Å². The summed E-state index contributed by atoms with van der Waals surface area (Å²) in [4.78, 5) is 11.6. The van der Waals surface area contributed by atoms with E-state index in [1.807, 2.05) is 25.1 Å². The van der Waals surface area contributed by atoms with Gasteiger partial charge in [-0.05, 0) is 48.8 Å². The fourth-order valence-corrected chi connectivity index (χ4v) is 3.10. The smallest absolute Gasteiger partial charge is 0.314 e. The summed E-state index contributed by atoms with van der Waals surface area (Å²) in [6, 6.07) is 6.05.